The van der Waals surface area contributed by atoms with Gasteiger partial charge in [-0.2, -0.15) is 0 Å². The van der Waals surface area contributed by atoms with Crippen LogP contribution in [0, 0.1) is 11.3 Å². The zero-order valence-corrected chi connectivity index (χ0v) is 21.3. The second kappa shape index (κ2) is 9.80. The van der Waals surface area contributed by atoms with E-state index in [0.717, 1.165) is 10.5 Å². The number of amides is 3. The van der Waals surface area contributed by atoms with Crippen molar-refractivity contribution in [3.63, 3.8) is 0 Å². The molecule has 0 bridgehead atoms. The van der Waals surface area contributed by atoms with Crippen LogP contribution >= 0.6 is 0 Å². The van der Waals surface area contributed by atoms with E-state index in [4.69, 9.17) is 9.47 Å². The Morgan fingerprint density at radius 3 is 2.41 bits per heavy atom. The van der Waals surface area contributed by atoms with E-state index in [1.54, 1.807) is 12.1 Å². The molecule has 0 aromatic heterocycles. The second-order valence-corrected chi connectivity index (χ2v) is 10.4. The molecule has 2 aromatic rings. The van der Waals surface area contributed by atoms with E-state index in [2.05, 4.69) is 5.32 Å². The molecule has 9 nitrogen and oxygen atoms in total. The number of ketones is 1. The minimum atomic E-state index is -1.67. The van der Waals surface area contributed by atoms with Crippen LogP contribution in [0.2, 0.25) is 0 Å². The van der Waals surface area contributed by atoms with Crippen molar-refractivity contribution >= 4 is 41.0 Å². The van der Waals surface area contributed by atoms with Gasteiger partial charge < -0.3 is 9.47 Å². The lowest BCUT2D eigenvalue weighted by Gasteiger charge is -2.29. The van der Waals surface area contributed by atoms with Gasteiger partial charge >= 0.3 is 12.1 Å². The summed E-state index contributed by atoms with van der Waals surface area (Å²) in [5.74, 6) is -3.55. The molecule has 37 heavy (non-hydrogen) atoms. The fourth-order valence-electron chi connectivity index (χ4n) is 4.99. The minimum Gasteiger partial charge on any atom is -0.465 e. The van der Waals surface area contributed by atoms with Crippen molar-refractivity contribution in [1.82, 2.24) is 0 Å². The highest BCUT2D eigenvalue weighted by Gasteiger charge is 2.61. The van der Waals surface area contributed by atoms with Gasteiger partial charge in [-0.15, -0.1) is 0 Å². The zero-order valence-electron chi connectivity index (χ0n) is 21.3. The van der Waals surface area contributed by atoms with E-state index in [1.807, 2.05) is 51.1 Å². The normalized spacial score (nSPS) is 21.7. The number of ether oxygens (including phenoxy) is 2. The van der Waals surface area contributed by atoms with Crippen LogP contribution in [0.5, 0.6) is 0 Å². The molecule has 2 aliphatic heterocycles. The Bertz CT molecular complexity index is 1270. The molecule has 0 saturated carbocycles. The molecular formula is C28H30N2O7. The number of anilines is 2. The summed E-state index contributed by atoms with van der Waals surface area (Å²) in [7, 11) is 0. The van der Waals surface area contributed by atoms with Crippen LogP contribution in [0.3, 0.4) is 0 Å². The van der Waals surface area contributed by atoms with E-state index in [-0.39, 0.29) is 31.7 Å². The SMILES string of the molecule is CC(=O)[C@@]1([C@H]2CC(=O)N(c3cc(NC(=O)OCc4ccccc4)ccc3C(C)(C)C)C2=O)CCOC1=O. The molecule has 0 unspecified atom stereocenters. The summed E-state index contributed by atoms with van der Waals surface area (Å²) in [5, 5.41) is 2.64. The third-order valence-electron chi connectivity index (χ3n) is 6.97. The fraction of sp³-hybridized carbons (Fsp3) is 0.393. The summed E-state index contributed by atoms with van der Waals surface area (Å²) in [4.78, 5) is 65.5. The van der Waals surface area contributed by atoms with Crippen LogP contribution in [-0.4, -0.2) is 36.3 Å². The van der Waals surface area contributed by atoms with Gasteiger partial charge in [-0.1, -0.05) is 57.2 Å². The van der Waals surface area contributed by atoms with Crippen molar-refractivity contribution < 1.29 is 33.4 Å². The first-order valence-electron chi connectivity index (χ1n) is 12.1. The Balaban J connectivity index is 1.64. The highest BCUT2D eigenvalue weighted by atomic mass is 16.5. The average Bonchev–Trinajstić information content (AvgIpc) is 3.36. The van der Waals surface area contributed by atoms with Crippen LogP contribution in [0.15, 0.2) is 48.5 Å². The molecule has 2 atom stereocenters. The number of nitrogens with one attached hydrogen (secondary N) is 1. The predicted octanol–water partition coefficient (Wildman–Crippen LogP) is 4.13. The van der Waals surface area contributed by atoms with Crippen molar-refractivity contribution in [3.05, 3.63) is 59.7 Å². The monoisotopic (exact) mass is 506 g/mol. The van der Waals surface area contributed by atoms with Crippen LogP contribution in [0.4, 0.5) is 16.2 Å². The quantitative estimate of drug-likeness (QED) is 0.355. The maximum absolute atomic E-state index is 13.7. The third kappa shape index (κ3) is 4.85. The summed E-state index contributed by atoms with van der Waals surface area (Å²) in [6.07, 6.45) is -0.924. The molecular weight excluding hydrogens is 476 g/mol. The topological polar surface area (TPSA) is 119 Å². The van der Waals surface area contributed by atoms with Crippen LogP contribution < -0.4 is 10.2 Å². The van der Waals surface area contributed by atoms with Crippen LogP contribution in [0.1, 0.15) is 51.7 Å². The lowest BCUT2D eigenvalue weighted by Crippen LogP contribution is -2.45. The number of carbonyl (C=O) groups is 5. The van der Waals surface area contributed by atoms with E-state index in [0.29, 0.717) is 11.3 Å². The van der Waals surface area contributed by atoms with Crippen LogP contribution in [0.25, 0.3) is 0 Å². The van der Waals surface area contributed by atoms with Crippen molar-refractivity contribution in [1.29, 1.82) is 0 Å². The molecule has 194 valence electrons. The first-order chi connectivity index (χ1) is 17.4. The number of esters is 1. The van der Waals surface area contributed by atoms with Gasteiger partial charge in [0.25, 0.3) is 0 Å². The van der Waals surface area contributed by atoms with Gasteiger partial charge in [0.05, 0.1) is 18.2 Å². The average molecular weight is 507 g/mol. The number of benzene rings is 2. The van der Waals surface area contributed by atoms with E-state index in [9.17, 15) is 24.0 Å². The van der Waals surface area contributed by atoms with Gasteiger partial charge in [0.1, 0.15) is 17.8 Å². The number of nitrogens with zero attached hydrogens (tertiary/aromatic N) is 1. The Morgan fingerprint density at radius 1 is 1.11 bits per heavy atom. The fourth-order valence-corrected chi connectivity index (χ4v) is 4.99. The maximum atomic E-state index is 13.7. The molecule has 3 amide bonds. The molecule has 0 radical (unpaired) electrons. The molecule has 0 spiro atoms. The Hall–Kier alpha value is -4.01. The highest BCUT2D eigenvalue weighted by Crippen LogP contribution is 2.47. The Morgan fingerprint density at radius 2 is 1.81 bits per heavy atom. The molecule has 2 aromatic carbocycles. The minimum absolute atomic E-state index is 0.0219. The largest absolute Gasteiger partial charge is 0.465 e. The molecule has 0 aliphatic carbocycles. The molecule has 2 aliphatic rings. The molecule has 1 N–H and O–H groups in total. The zero-order chi connectivity index (χ0) is 27.0. The lowest BCUT2D eigenvalue weighted by atomic mass is 9.70. The van der Waals surface area contributed by atoms with Crippen LogP contribution in [-0.2, 0) is 40.7 Å². The summed E-state index contributed by atoms with van der Waals surface area (Å²) in [6.45, 7) is 7.14. The van der Waals surface area contributed by atoms with Gasteiger partial charge in [0.15, 0.2) is 0 Å². The molecule has 9 heteroatoms. The Labute approximate surface area is 215 Å². The summed E-state index contributed by atoms with van der Waals surface area (Å²) >= 11 is 0. The Kier molecular flexibility index (Phi) is 6.90. The van der Waals surface area contributed by atoms with Gasteiger partial charge in [0.2, 0.25) is 11.8 Å². The number of imide groups is 1. The van der Waals surface area contributed by atoms with E-state index < -0.39 is 46.4 Å². The maximum Gasteiger partial charge on any atom is 0.411 e. The number of carbonyl (C=O) groups excluding carboxylic acids is 5. The molecule has 2 fully saturated rings. The first kappa shape index (κ1) is 26.1. The van der Waals surface area contributed by atoms with Gasteiger partial charge in [-0.3, -0.25) is 24.5 Å². The highest BCUT2D eigenvalue weighted by molar-refractivity contribution is 6.24. The first-order valence-corrected chi connectivity index (χ1v) is 12.1. The van der Waals surface area contributed by atoms with Crippen molar-refractivity contribution in [2.45, 2.75) is 52.6 Å². The predicted molar refractivity (Wildman–Crippen MR) is 135 cm³/mol. The molecule has 2 heterocycles. The second-order valence-electron chi connectivity index (χ2n) is 10.4. The molecule has 4 rings (SSSR count). The van der Waals surface area contributed by atoms with Gasteiger partial charge in [0, 0.05) is 18.5 Å². The summed E-state index contributed by atoms with van der Waals surface area (Å²) in [5.41, 5.74) is -0.0113. The summed E-state index contributed by atoms with van der Waals surface area (Å²) in [6, 6.07) is 14.1. The van der Waals surface area contributed by atoms with Crippen molar-refractivity contribution in [2.24, 2.45) is 11.3 Å². The number of hydrogen-bond donors (Lipinski definition) is 1. The molecule has 2 saturated heterocycles. The standard InChI is InChI=1S/C28H30N2O7/c1-17(31)28(12-13-36-25(28)34)21-15-23(32)30(24(21)33)22-14-19(10-11-20(22)27(2,3)4)29-26(35)37-16-18-8-6-5-7-9-18/h5-11,14,21H,12-13,15-16H2,1-4H3,(H,29,35)/t21-,28+/m0/s1. The van der Waals surface area contributed by atoms with Gasteiger partial charge in [-0.25, -0.2) is 9.69 Å². The summed E-state index contributed by atoms with van der Waals surface area (Å²) < 4.78 is 10.3. The number of Topliss-reactive ketones (excluding diaryl/α,β-unsaturated/α-hetero) is 1. The smallest absolute Gasteiger partial charge is 0.411 e. The van der Waals surface area contributed by atoms with Crippen molar-refractivity contribution in [3.8, 4) is 0 Å². The number of hydrogen-bond acceptors (Lipinski definition) is 7. The van der Waals surface area contributed by atoms with Gasteiger partial charge in [-0.05, 0) is 35.6 Å². The third-order valence-corrected chi connectivity index (χ3v) is 6.97. The number of cyclic esters (lactones) is 1. The van der Waals surface area contributed by atoms with E-state index >= 15 is 0 Å². The van der Waals surface area contributed by atoms with Crippen molar-refractivity contribution in [2.75, 3.05) is 16.8 Å². The lowest BCUT2D eigenvalue weighted by molar-refractivity contribution is -0.156. The number of rotatable bonds is 6. The van der Waals surface area contributed by atoms with E-state index in [1.165, 1.54) is 13.0 Å².